The van der Waals surface area contributed by atoms with Crippen LogP contribution in [-0.4, -0.2) is 18.3 Å². The van der Waals surface area contributed by atoms with Gasteiger partial charge >= 0.3 is 0 Å². The summed E-state index contributed by atoms with van der Waals surface area (Å²) in [5.74, 6) is 2.82. The highest BCUT2D eigenvalue weighted by Gasteiger charge is 2.33. The monoisotopic (exact) mass is 291 g/mol. The lowest BCUT2D eigenvalue weighted by atomic mass is 9.80. The first-order chi connectivity index (χ1) is 9.49. The summed E-state index contributed by atoms with van der Waals surface area (Å²) in [7, 11) is 2.12. The summed E-state index contributed by atoms with van der Waals surface area (Å²) in [6.07, 6.45) is 2.70. The molecule has 0 heterocycles. The molecule has 0 saturated heterocycles. The van der Waals surface area contributed by atoms with Crippen LogP contribution in [0.15, 0.2) is 18.2 Å². The lowest BCUT2D eigenvalue weighted by Crippen LogP contribution is -2.44. The molecule has 4 atom stereocenters. The molecule has 20 heavy (non-hydrogen) atoms. The Morgan fingerprint density at radius 1 is 1.10 bits per heavy atom. The van der Waals surface area contributed by atoms with E-state index in [1.54, 1.807) is 0 Å². The van der Waals surface area contributed by atoms with Crippen LogP contribution in [0.5, 0.6) is 0 Å². The van der Waals surface area contributed by atoms with Gasteiger partial charge in [0.2, 0.25) is 0 Å². The molecule has 1 aliphatic rings. The fourth-order valence-electron chi connectivity index (χ4n) is 3.74. The van der Waals surface area contributed by atoms with E-state index in [1.165, 1.54) is 29.5 Å². The molecule has 1 N–H and O–H groups in total. The van der Waals surface area contributed by atoms with Crippen LogP contribution in [-0.2, 0) is 5.75 Å². The number of thioether (sulfide) groups is 1. The van der Waals surface area contributed by atoms with Gasteiger partial charge in [-0.25, -0.2) is 0 Å². The molecule has 1 nitrogen and oxygen atoms in total. The predicted molar refractivity (Wildman–Crippen MR) is 91.4 cm³/mol. The molecule has 0 bridgehead atoms. The zero-order valence-electron chi connectivity index (χ0n) is 13.6. The third kappa shape index (κ3) is 4.02. The molecule has 0 aliphatic heterocycles. The average Bonchev–Trinajstić information content (AvgIpc) is 2.35. The lowest BCUT2D eigenvalue weighted by Gasteiger charge is -2.39. The fraction of sp³-hybridized carbons (Fsp3) is 0.667. The Labute approximate surface area is 128 Å². The van der Waals surface area contributed by atoms with Crippen LogP contribution in [0.25, 0.3) is 0 Å². The predicted octanol–water partition coefficient (Wildman–Crippen LogP) is 4.56. The smallest absolute Gasteiger partial charge is 0.0230 e. The van der Waals surface area contributed by atoms with E-state index in [9.17, 15) is 0 Å². The molecule has 1 fully saturated rings. The van der Waals surface area contributed by atoms with Gasteiger partial charge in [0, 0.05) is 17.0 Å². The first-order valence-corrected chi connectivity index (χ1v) is 8.90. The van der Waals surface area contributed by atoms with Crippen LogP contribution < -0.4 is 5.32 Å². The highest BCUT2D eigenvalue weighted by atomic mass is 32.2. The second-order valence-corrected chi connectivity index (χ2v) is 7.89. The molecule has 2 heteroatoms. The average molecular weight is 292 g/mol. The Hall–Kier alpha value is -0.470. The van der Waals surface area contributed by atoms with Crippen LogP contribution in [0.2, 0.25) is 0 Å². The van der Waals surface area contributed by atoms with E-state index in [-0.39, 0.29) is 0 Å². The topological polar surface area (TPSA) is 12.0 Å². The SMILES string of the molecule is CNC1CC(C)CC(C)C1SCc1cc(C)cc(C)c1. The lowest BCUT2D eigenvalue weighted by molar-refractivity contribution is 0.257. The maximum atomic E-state index is 3.55. The second kappa shape index (κ2) is 7.00. The van der Waals surface area contributed by atoms with Gasteiger partial charge in [-0.15, -0.1) is 0 Å². The number of benzene rings is 1. The van der Waals surface area contributed by atoms with Crippen molar-refractivity contribution in [3.05, 3.63) is 34.9 Å². The third-order valence-corrected chi connectivity index (χ3v) is 6.16. The Morgan fingerprint density at radius 2 is 1.75 bits per heavy atom. The Morgan fingerprint density at radius 3 is 2.35 bits per heavy atom. The number of aryl methyl sites for hydroxylation is 2. The maximum absolute atomic E-state index is 3.55. The summed E-state index contributed by atoms with van der Waals surface area (Å²) >= 11 is 2.15. The zero-order valence-corrected chi connectivity index (χ0v) is 14.4. The largest absolute Gasteiger partial charge is 0.316 e. The van der Waals surface area contributed by atoms with E-state index in [4.69, 9.17) is 0 Å². The van der Waals surface area contributed by atoms with Gasteiger partial charge < -0.3 is 5.32 Å². The molecule has 0 aromatic heterocycles. The van der Waals surface area contributed by atoms with Crippen LogP contribution in [0.3, 0.4) is 0 Å². The molecule has 2 rings (SSSR count). The molecular weight excluding hydrogens is 262 g/mol. The molecular formula is C18H29NS. The molecule has 112 valence electrons. The van der Waals surface area contributed by atoms with Crippen molar-refractivity contribution < 1.29 is 0 Å². The van der Waals surface area contributed by atoms with Crippen molar-refractivity contribution in [3.8, 4) is 0 Å². The summed E-state index contributed by atoms with van der Waals surface area (Å²) in [4.78, 5) is 0. The van der Waals surface area contributed by atoms with Crippen LogP contribution in [0.4, 0.5) is 0 Å². The highest BCUT2D eigenvalue weighted by Crippen LogP contribution is 2.37. The standard InChI is InChI=1S/C18H29NS/c1-12-6-13(2)9-16(8-12)11-20-18-15(4)7-14(3)10-17(18)19-5/h6,8-9,14-15,17-19H,7,10-11H2,1-5H3. The maximum Gasteiger partial charge on any atom is 0.0230 e. The molecule has 0 amide bonds. The van der Waals surface area contributed by atoms with Crippen molar-refractivity contribution in [3.63, 3.8) is 0 Å². The zero-order chi connectivity index (χ0) is 14.7. The van der Waals surface area contributed by atoms with Crippen molar-refractivity contribution in [1.82, 2.24) is 5.32 Å². The van der Waals surface area contributed by atoms with Crippen molar-refractivity contribution in [1.29, 1.82) is 0 Å². The summed E-state index contributed by atoms with van der Waals surface area (Å²) in [5.41, 5.74) is 4.25. The van der Waals surface area contributed by atoms with E-state index in [0.29, 0.717) is 6.04 Å². The Balaban J connectivity index is 2.01. The second-order valence-electron chi connectivity index (χ2n) is 6.72. The van der Waals surface area contributed by atoms with Crippen molar-refractivity contribution in [2.24, 2.45) is 11.8 Å². The molecule has 1 aromatic carbocycles. The minimum atomic E-state index is 0.671. The summed E-state index contributed by atoms with van der Waals surface area (Å²) in [6.45, 7) is 9.22. The van der Waals surface area contributed by atoms with Gasteiger partial charge in [-0.3, -0.25) is 0 Å². The Kier molecular flexibility index (Phi) is 5.57. The summed E-state index contributed by atoms with van der Waals surface area (Å²) in [5, 5.41) is 4.30. The quantitative estimate of drug-likeness (QED) is 0.873. The van der Waals surface area contributed by atoms with Crippen LogP contribution in [0.1, 0.15) is 43.4 Å². The first-order valence-electron chi connectivity index (χ1n) is 7.85. The van der Waals surface area contributed by atoms with Gasteiger partial charge in [0.1, 0.15) is 0 Å². The molecule has 1 aliphatic carbocycles. The van der Waals surface area contributed by atoms with Crippen LogP contribution >= 0.6 is 11.8 Å². The molecule has 0 spiro atoms. The summed E-state index contributed by atoms with van der Waals surface area (Å²) in [6, 6.07) is 7.61. The fourth-order valence-corrected chi connectivity index (χ4v) is 5.21. The highest BCUT2D eigenvalue weighted by molar-refractivity contribution is 7.99. The van der Waals surface area contributed by atoms with Gasteiger partial charge in [-0.1, -0.05) is 43.2 Å². The van der Waals surface area contributed by atoms with Gasteiger partial charge in [-0.2, -0.15) is 11.8 Å². The Bertz CT molecular complexity index is 423. The number of nitrogens with one attached hydrogen (secondary N) is 1. The van der Waals surface area contributed by atoms with E-state index in [1.807, 2.05) is 0 Å². The molecule has 1 aromatic rings. The van der Waals surface area contributed by atoms with Crippen molar-refractivity contribution in [2.45, 2.75) is 57.6 Å². The molecule has 1 saturated carbocycles. The first kappa shape index (κ1) is 15.9. The summed E-state index contributed by atoms with van der Waals surface area (Å²) < 4.78 is 0. The van der Waals surface area contributed by atoms with Gasteiger partial charge in [-0.05, 0) is 51.1 Å². The van der Waals surface area contributed by atoms with Gasteiger partial charge in [0.05, 0.1) is 0 Å². The van der Waals surface area contributed by atoms with Gasteiger partial charge in [0.25, 0.3) is 0 Å². The van der Waals surface area contributed by atoms with Crippen LogP contribution in [0, 0.1) is 25.7 Å². The van der Waals surface area contributed by atoms with E-state index in [2.05, 4.69) is 70.0 Å². The van der Waals surface area contributed by atoms with Crippen molar-refractivity contribution >= 4 is 11.8 Å². The number of rotatable bonds is 4. The molecule has 4 unspecified atom stereocenters. The van der Waals surface area contributed by atoms with Crippen molar-refractivity contribution in [2.75, 3.05) is 7.05 Å². The van der Waals surface area contributed by atoms with E-state index in [0.717, 1.165) is 22.8 Å². The number of hydrogen-bond donors (Lipinski definition) is 1. The van der Waals surface area contributed by atoms with Gasteiger partial charge in [0.15, 0.2) is 0 Å². The minimum absolute atomic E-state index is 0.671. The number of hydrogen-bond acceptors (Lipinski definition) is 2. The molecule has 0 radical (unpaired) electrons. The third-order valence-electron chi connectivity index (χ3n) is 4.48. The minimum Gasteiger partial charge on any atom is -0.316 e. The van der Waals surface area contributed by atoms with E-state index >= 15 is 0 Å². The normalized spacial score (nSPS) is 30.4. The van der Waals surface area contributed by atoms with E-state index < -0.39 is 0 Å².